The number of ether oxygens (including phenoxy) is 2. The van der Waals surface area contributed by atoms with Gasteiger partial charge in [0.15, 0.2) is 0 Å². The summed E-state index contributed by atoms with van der Waals surface area (Å²) in [5.41, 5.74) is -0.941. The second kappa shape index (κ2) is 11.4. The molecule has 2 saturated heterocycles. The summed E-state index contributed by atoms with van der Waals surface area (Å²) in [6.07, 6.45) is 1.77. The van der Waals surface area contributed by atoms with E-state index in [9.17, 15) is 14.7 Å². The fourth-order valence-electron chi connectivity index (χ4n) is 4.74. The van der Waals surface area contributed by atoms with Gasteiger partial charge in [-0.25, -0.2) is 0 Å². The van der Waals surface area contributed by atoms with Crippen LogP contribution in [0.25, 0.3) is 0 Å². The van der Waals surface area contributed by atoms with E-state index >= 15 is 0 Å². The van der Waals surface area contributed by atoms with Crippen LogP contribution in [0.1, 0.15) is 59.8 Å². The van der Waals surface area contributed by atoms with E-state index in [1.807, 2.05) is 0 Å². The van der Waals surface area contributed by atoms with Crippen molar-refractivity contribution < 1.29 is 29.3 Å². The Kier molecular flexibility index (Phi) is 9.53. The number of carboxylic acids is 2. The van der Waals surface area contributed by atoms with Crippen molar-refractivity contribution in [2.75, 3.05) is 39.4 Å². The van der Waals surface area contributed by atoms with E-state index in [0.717, 1.165) is 13.1 Å². The van der Waals surface area contributed by atoms with Crippen LogP contribution >= 0.6 is 0 Å². The molecule has 0 spiro atoms. The molecule has 0 aromatic rings. The molecule has 0 aliphatic carbocycles. The highest BCUT2D eigenvalue weighted by Crippen LogP contribution is 2.36. The van der Waals surface area contributed by atoms with Crippen molar-refractivity contribution in [1.82, 2.24) is 9.80 Å². The zero-order valence-corrected chi connectivity index (χ0v) is 19.0. The van der Waals surface area contributed by atoms with Crippen LogP contribution in [0, 0.1) is 17.3 Å². The lowest BCUT2D eigenvalue weighted by atomic mass is 9.76. The van der Waals surface area contributed by atoms with E-state index in [1.54, 1.807) is 0 Å². The third-order valence-corrected chi connectivity index (χ3v) is 6.45. The van der Waals surface area contributed by atoms with Crippen LogP contribution in [-0.2, 0) is 19.1 Å². The van der Waals surface area contributed by atoms with Crippen LogP contribution in [0.15, 0.2) is 0 Å². The molecule has 2 rings (SSSR count). The van der Waals surface area contributed by atoms with Gasteiger partial charge in [-0.2, -0.15) is 0 Å². The highest BCUT2D eigenvalue weighted by Gasteiger charge is 2.41. The second-order valence-corrected chi connectivity index (χ2v) is 9.42. The Morgan fingerprint density at radius 2 is 1.37 bits per heavy atom. The number of hydrogen-bond acceptors (Lipinski definition) is 6. The molecule has 2 fully saturated rings. The SMILES string of the molecule is CC(C)C1OCCN1CCC(CCCC(=O)O)(CCN1CCOC1C(C)C)C(=O)O. The van der Waals surface area contributed by atoms with Gasteiger partial charge in [-0.05, 0) is 37.5 Å². The van der Waals surface area contributed by atoms with Crippen LogP contribution in [0.4, 0.5) is 0 Å². The minimum atomic E-state index is -0.941. The Labute approximate surface area is 180 Å². The normalized spacial score (nSPS) is 25.3. The monoisotopic (exact) mass is 428 g/mol. The van der Waals surface area contributed by atoms with Crippen LogP contribution in [0.3, 0.4) is 0 Å². The molecule has 2 aliphatic rings. The maximum absolute atomic E-state index is 12.5. The third-order valence-electron chi connectivity index (χ3n) is 6.45. The predicted octanol–water partition coefficient (Wildman–Crippen LogP) is 2.72. The Balaban J connectivity index is 2.09. The largest absolute Gasteiger partial charge is 0.481 e. The molecule has 2 heterocycles. The average molecular weight is 429 g/mol. The van der Waals surface area contributed by atoms with Crippen molar-refractivity contribution >= 4 is 11.9 Å². The summed E-state index contributed by atoms with van der Waals surface area (Å²) < 4.78 is 11.6. The second-order valence-electron chi connectivity index (χ2n) is 9.42. The molecule has 2 atom stereocenters. The first kappa shape index (κ1) is 25.0. The molecule has 0 bridgehead atoms. The lowest BCUT2D eigenvalue weighted by molar-refractivity contribution is -0.152. The first-order chi connectivity index (χ1) is 14.2. The van der Waals surface area contributed by atoms with E-state index in [4.69, 9.17) is 14.6 Å². The maximum atomic E-state index is 12.5. The van der Waals surface area contributed by atoms with E-state index < -0.39 is 17.4 Å². The molecule has 174 valence electrons. The van der Waals surface area contributed by atoms with Crippen molar-refractivity contribution in [1.29, 1.82) is 0 Å². The van der Waals surface area contributed by atoms with Gasteiger partial charge in [0, 0.05) is 32.6 Å². The van der Waals surface area contributed by atoms with Gasteiger partial charge in [-0.3, -0.25) is 19.4 Å². The first-order valence-corrected chi connectivity index (χ1v) is 11.3. The van der Waals surface area contributed by atoms with E-state index in [0.29, 0.717) is 63.8 Å². The summed E-state index contributed by atoms with van der Waals surface area (Å²) in [6, 6.07) is 0. The molecule has 0 radical (unpaired) electrons. The molecule has 2 unspecified atom stereocenters. The molecule has 30 heavy (non-hydrogen) atoms. The average Bonchev–Trinajstić information content (AvgIpc) is 3.32. The fraction of sp³-hybridized carbons (Fsp3) is 0.909. The Hall–Kier alpha value is -1.22. The summed E-state index contributed by atoms with van der Waals surface area (Å²) in [5, 5.41) is 19.3. The number of rotatable bonds is 13. The Morgan fingerprint density at radius 1 is 0.900 bits per heavy atom. The molecule has 0 saturated carbocycles. The summed E-state index contributed by atoms with van der Waals surface area (Å²) in [7, 11) is 0. The van der Waals surface area contributed by atoms with Gasteiger partial charge in [0.1, 0.15) is 12.5 Å². The van der Waals surface area contributed by atoms with Crippen LogP contribution in [0.2, 0.25) is 0 Å². The van der Waals surface area contributed by atoms with Gasteiger partial charge < -0.3 is 19.7 Å². The van der Waals surface area contributed by atoms with Crippen molar-refractivity contribution in [3.8, 4) is 0 Å². The van der Waals surface area contributed by atoms with Gasteiger partial charge in [-0.15, -0.1) is 0 Å². The standard InChI is InChI=1S/C22H40N2O6/c1-16(2)19-23(12-14-29-19)10-8-22(21(27)28,7-5-6-18(25)26)9-11-24-13-15-30-20(24)17(3)4/h16-17,19-20H,5-15H2,1-4H3,(H,25,26)(H,27,28). The van der Waals surface area contributed by atoms with E-state index in [-0.39, 0.29) is 18.9 Å². The van der Waals surface area contributed by atoms with E-state index in [1.165, 1.54) is 0 Å². The zero-order valence-electron chi connectivity index (χ0n) is 19.0. The third kappa shape index (κ3) is 6.64. The molecule has 2 N–H and O–H groups in total. The van der Waals surface area contributed by atoms with Crippen molar-refractivity contribution in [2.24, 2.45) is 17.3 Å². The quantitative estimate of drug-likeness (QED) is 0.462. The highest BCUT2D eigenvalue weighted by molar-refractivity contribution is 5.75. The summed E-state index contributed by atoms with van der Waals surface area (Å²) in [4.78, 5) is 28.0. The summed E-state index contributed by atoms with van der Waals surface area (Å²) in [6.45, 7) is 12.7. The minimum Gasteiger partial charge on any atom is -0.481 e. The number of carbonyl (C=O) groups is 2. The van der Waals surface area contributed by atoms with Crippen LogP contribution in [-0.4, -0.2) is 83.8 Å². The van der Waals surface area contributed by atoms with Gasteiger partial charge >= 0.3 is 11.9 Å². The summed E-state index contributed by atoms with van der Waals surface area (Å²) >= 11 is 0. The number of nitrogens with zero attached hydrogens (tertiary/aromatic N) is 2. The predicted molar refractivity (Wildman–Crippen MR) is 113 cm³/mol. The lowest BCUT2D eigenvalue weighted by Crippen LogP contribution is -2.43. The number of hydrogen-bond donors (Lipinski definition) is 2. The van der Waals surface area contributed by atoms with Gasteiger partial charge in [0.2, 0.25) is 0 Å². The molecule has 0 aromatic heterocycles. The smallest absolute Gasteiger partial charge is 0.309 e. The van der Waals surface area contributed by atoms with Gasteiger partial charge in [0.25, 0.3) is 0 Å². The highest BCUT2D eigenvalue weighted by atomic mass is 16.5. The first-order valence-electron chi connectivity index (χ1n) is 11.3. The van der Waals surface area contributed by atoms with Crippen molar-refractivity contribution in [2.45, 2.75) is 72.3 Å². The van der Waals surface area contributed by atoms with Crippen LogP contribution < -0.4 is 0 Å². The van der Waals surface area contributed by atoms with Crippen molar-refractivity contribution in [3.05, 3.63) is 0 Å². The molecular formula is C22H40N2O6. The maximum Gasteiger partial charge on any atom is 0.309 e. The van der Waals surface area contributed by atoms with Gasteiger partial charge in [0.05, 0.1) is 18.6 Å². The number of aliphatic carboxylic acids is 2. The molecular weight excluding hydrogens is 388 g/mol. The molecule has 8 nitrogen and oxygen atoms in total. The minimum absolute atomic E-state index is 0.00206. The van der Waals surface area contributed by atoms with E-state index in [2.05, 4.69) is 37.5 Å². The lowest BCUT2D eigenvalue weighted by Gasteiger charge is -2.35. The Morgan fingerprint density at radius 3 is 1.73 bits per heavy atom. The Bertz CT molecular complexity index is 538. The molecule has 8 heteroatoms. The van der Waals surface area contributed by atoms with Crippen molar-refractivity contribution in [3.63, 3.8) is 0 Å². The molecule has 2 aliphatic heterocycles. The molecule has 0 amide bonds. The fourth-order valence-corrected chi connectivity index (χ4v) is 4.74. The molecule has 0 aromatic carbocycles. The topological polar surface area (TPSA) is 99.5 Å². The van der Waals surface area contributed by atoms with Crippen LogP contribution in [0.5, 0.6) is 0 Å². The summed E-state index contributed by atoms with van der Waals surface area (Å²) in [5.74, 6) is -1.02. The zero-order chi connectivity index (χ0) is 22.3. The number of carboxylic acid groups (broad SMARTS) is 2. The van der Waals surface area contributed by atoms with Gasteiger partial charge in [-0.1, -0.05) is 27.7 Å².